The summed E-state index contributed by atoms with van der Waals surface area (Å²) in [6, 6.07) is 24.9. The van der Waals surface area contributed by atoms with Crippen molar-refractivity contribution in [3.8, 4) is 5.75 Å². The minimum absolute atomic E-state index is 0.593. The molecule has 29 heavy (non-hydrogen) atoms. The standard InChI is InChI=1S/C25H27N3O/c1-19-7-4-9-21(15-19)18-29-22-10-5-8-20(16-22)17-26-14-6-13-25-27-23-11-2-3-12-24(23)28-25/h2-5,7-12,15-16,26H,6,13-14,17-18H2,1H3,(H,27,28). The van der Waals surface area contributed by atoms with Gasteiger partial charge in [0.2, 0.25) is 0 Å². The van der Waals surface area contributed by atoms with Gasteiger partial charge < -0.3 is 15.0 Å². The molecule has 0 bridgehead atoms. The van der Waals surface area contributed by atoms with Gasteiger partial charge in [-0.2, -0.15) is 0 Å². The highest BCUT2D eigenvalue weighted by Gasteiger charge is 2.02. The Balaban J connectivity index is 1.21. The second kappa shape index (κ2) is 9.39. The highest BCUT2D eigenvalue weighted by molar-refractivity contribution is 5.74. The van der Waals surface area contributed by atoms with Gasteiger partial charge in [0.1, 0.15) is 18.2 Å². The first-order valence-electron chi connectivity index (χ1n) is 10.2. The Bertz CT molecular complexity index is 1040. The van der Waals surface area contributed by atoms with Crippen LogP contribution >= 0.6 is 0 Å². The van der Waals surface area contributed by atoms with Crippen LogP contribution in [0.25, 0.3) is 11.0 Å². The van der Waals surface area contributed by atoms with Crippen molar-refractivity contribution in [1.29, 1.82) is 0 Å². The predicted octanol–water partition coefficient (Wildman–Crippen LogP) is 5.17. The molecular weight excluding hydrogens is 358 g/mol. The lowest BCUT2D eigenvalue weighted by molar-refractivity contribution is 0.306. The fourth-order valence-corrected chi connectivity index (χ4v) is 3.45. The number of H-pyrrole nitrogens is 1. The van der Waals surface area contributed by atoms with Crippen LogP contribution < -0.4 is 10.1 Å². The molecule has 0 radical (unpaired) electrons. The third-order valence-corrected chi connectivity index (χ3v) is 4.92. The summed E-state index contributed by atoms with van der Waals surface area (Å²) in [5, 5.41) is 3.52. The molecule has 0 saturated carbocycles. The second-order valence-corrected chi connectivity index (χ2v) is 7.41. The van der Waals surface area contributed by atoms with Gasteiger partial charge in [-0.15, -0.1) is 0 Å². The molecule has 4 aromatic rings. The Hall–Kier alpha value is -3.11. The molecule has 0 unspecified atom stereocenters. The van der Waals surface area contributed by atoms with Crippen LogP contribution in [-0.2, 0) is 19.6 Å². The average Bonchev–Trinajstić information content (AvgIpc) is 3.15. The van der Waals surface area contributed by atoms with Crippen molar-refractivity contribution >= 4 is 11.0 Å². The molecule has 1 aromatic heterocycles. The maximum Gasteiger partial charge on any atom is 0.120 e. The van der Waals surface area contributed by atoms with Gasteiger partial charge in [0, 0.05) is 13.0 Å². The number of aromatic nitrogens is 2. The number of nitrogens with zero attached hydrogens (tertiary/aromatic N) is 1. The predicted molar refractivity (Wildman–Crippen MR) is 118 cm³/mol. The molecule has 4 nitrogen and oxygen atoms in total. The van der Waals surface area contributed by atoms with Gasteiger partial charge >= 0.3 is 0 Å². The Morgan fingerprint density at radius 1 is 0.931 bits per heavy atom. The van der Waals surface area contributed by atoms with E-state index in [1.165, 1.54) is 16.7 Å². The first-order valence-corrected chi connectivity index (χ1v) is 10.2. The molecule has 0 aliphatic heterocycles. The molecule has 0 amide bonds. The van der Waals surface area contributed by atoms with Gasteiger partial charge in [-0.3, -0.25) is 0 Å². The number of fused-ring (bicyclic) bond motifs is 1. The van der Waals surface area contributed by atoms with E-state index in [9.17, 15) is 0 Å². The molecule has 2 N–H and O–H groups in total. The number of aromatic amines is 1. The van der Waals surface area contributed by atoms with Crippen LogP contribution in [0, 0.1) is 6.92 Å². The average molecular weight is 386 g/mol. The van der Waals surface area contributed by atoms with Crippen molar-refractivity contribution in [3.63, 3.8) is 0 Å². The SMILES string of the molecule is Cc1cccc(COc2cccc(CNCCCc3nc4ccccc4[nH]3)c2)c1. The third-order valence-electron chi connectivity index (χ3n) is 4.92. The first kappa shape index (κ1) is 19.2. The number of benzene rings is 3. The van der Waals surface area contributed by atoms with Crippen LogP contribution in [0.5, 0.6) is 5.75 Å². The number of hydrogen-bond acceptors (Lipinski definition) is 3. The van der Waals surface area contributed by atoms with E-state index in [1.54, 1.807) is 0 Å². The van der Waals surface area contributed by atoms with Crippen molar-refractivity contribution in [3.05, 3.63) is 95.3 Å². The van der Waals surface area contributed by atoms with Gasteiger partial charge in [0.25, 0.3) is 0 Å². The van der Waals surface area contributed by atoms with Gasteiger partial charge in [-0.25, -0.2) is 4.98 Å². The molecule has 4 rings (SSSR count). The van der Waals surface area contributed by atoms with E-state index < -0.39 is 0 Å². The molecule has 0 saturated heterocycles. The summed E-state index contributed by atoms with van der Waals surface area (Å²) in [5.74, 6) is 1.97. The largest absolute Gasteiger partial charge is 0.489 e. The van der Waals surface area contributed by atoms with Crippen molar-refractivity contribution in [2.45, 2.75) is 32.9 Å². The van der Waals surface area contributed by atoms with Crippen LogP contribution in [-0.4, -0.2) is 16.5 Å². The molecule has 0 aliphatic carbocycles. The van der Waals surface area contributed by atoms with E-state index in [2.05, 4.69) is 70.7 Å². The van der Waals surface area contributed by atoms with Crippen molar-refractivity contribution in [2.24, 2.45) is 0 Å². The lowest BCUT2D eigenvalue weighted by atomic mass is 10.1. The molecule has 0 fully saturated rings. The van der Waals surface area contributed by atoms with Crippen molar-refractivity contribution < 1.29 is 4.74 Å². The van der Waals surface area contributed by atoms with Gasteiger partial charge in [-0.1, -0.05) is 54.1 Å². The summed E-state index contributed by atoms with van der Waals surface area (Å²) in [7, 11) is 0. The Labute approximate surface area is 172 Å². The number of imidazole rings is 1. The number of ether oxygens (including phenoxy) is 1. The molecule has 4 heteroatoms. The monoisotopic (exact) mass is 385 g/mol. The minimum Gasteiger partial charge on any atom is -0.489 e. The zero-order valence-electron chi connectivity index (χ0n) is 16.8. The van der Waals surface area contributed by atoms with Gasteiger partial charge in [0.05, 0.1) is 11.0 Å². The van der Waals surface area contributed by atoms with Crippen molar-refractivity contribution in [1.82, 2.24) is 15.3 Å². The fourth-order valence-electron chi connectivity index (χ4n) is 3.45. The molecule has 0 spiro atoms. The quantitative estimate of drug-likeness (QED) is 0.391. The molecule has 3 aromatic carbocycles. The van der Waals surface area contributed by atoms with Gasteiger partial charge in [0.15, 0.2) is 0 Å². The van der Waals surface area contributed by atoms with Gasteiger partial charge in [-0.05, 0) is 55.3 Å². The summed E-state index contributed by atoms with van der Waals surface area (Å²) in [6.45, 7) is 4.48. The Morgan fingerprint density at radius 3 is 2.69 bits per heavy atom. The molecule has 148 valence electrons. The fraction of sp³-hybridized carbons (Fsp3) is 0.240. The Morgan fingerprint density at radius 2 is 1.79 bits per heavy atom. The van der Waals surface area contributed by atoms with E-state index in [0.29, 0.717) is 6.61 Å². The summed E-state index contributed by atoms with van der Waals surface area (Å²) >= 11 is 0. The summed E-state index contributed by atoms with van der Waals surface area (Å²) in [5.41, 5.74) is 5.83. The summed E-state index contributed by atoms with van der Waals surface area (Å²) in [6.07, 6.45) is 1.99. The van der Waals surface area contributed by atoms with E-state index in [1.807, 2.05) is 24.3 Å². The van der Waals surface area contributed by atoms with Crippen molar-refractivity contribution in [2.75, 3.05) is 6.54 Å². The number of hydrogen-bond donors (Lipinski definition) is 2. The normalized spacial score (nSPS) is 11.1. The molecule has 0 atom stereocenters. The number of para-hydroxylation sites is 2. The zero-order valence-corrected chi connectivity index (χ0v) is 16.8. The van der Waals surface area contributed by atoms with E-state index >= 15 is 0 Å². The van der Waals surface area contributed by atoms with Crippen LogP contribution in [0.15, 0.2) is 72.8 Å². The number of rotatable bonds is 9. The van der Waals surface area contributed by atoms with E-state index in [-0.39, 0.29) is 0 Å². The van der Waals surface area contributed by atoms with Crippen LogP contribution in [0.3, 0.4) is 0 Å². The molecular formula is C25H27N3O. The Kier molecular flexibility index (Phi) is 6.22. The maximum absolute atomic E-state index is 5.96. The summed E-state index contributed by atoms with van der Waals surface area (Å²) in [4.78, 5) is 8.02. The topological polar surface area (TPSA) is 49.9 Å². The second-order valence-electron chi connectivity index (χ2n) is 7.41. The maximum atomic E-state index is 5.96. The lowest BCUT2D eigenvalue weighted by Gasteiger charge is -2.09. The smallest absolute Gasteiger partial charge is 0.120 e. The third kappa shape index (κ3) is 5.46. The van der Waals surface area contributed by atoms with Crippen LogP contribution in [0.4, 0.5) is 0 Å². The number of nitrogens with one attached hydrogen (secondary N) is 2. The molecule has 1 heterocycles. The molecule has 0 aliphatic rings. The minimum atomic E-state index is 0.593. The summed E-state index contributed by atoms with van der Waals surface area (Å²) < 4.78 is 5.96. The van der Waals surface area contributed by atoms with E-state index in [0.717, 1.165) is 48.5 Å². The van der Waals surface area contributed by atoms with E-state index in [4.69, 9.17) is 4.74 Å². The lowest BCUT2D eigenvalue weighted by Crippen LogP contribution is -2.15. The van der Waals surface area contributed by atoms with Crippen LogP contribution in [0.2, 0.25) is 0 Å². The zero-order chi connectivity index (χ0) is 19.9. The highest BCUT2D eigenvalue weighted by atomic mass is 16.5. The first-order chi connectivity index (χ1) is 14.3. The van der Waals surface area contributed by atoms with Crippen LogP contribution in [0.1, 0.15) is 28.9 Å². The highest BCUT2D eigenvalue weighted by Crippen LogP contribution is 2.16. The number of aryl methyl sites for hydroxylation is 2.